The number of aromatic nitrogens is 4. The number of rotatable bonds is 7. The molecule has 8 nitrogen and oxygen atoms in total. The molecule has 0 aliphatic carbocycles. The molecule has 0 aliphatic heterocycles. The highest BCUT2D eigenvalue weighted by Gasteiger charge is 2.19. The number of aryl methyl sites for hydroxylation is 2. The molecule has 0 spiro atoms. The molecule has 0 saturated carbocycles. The predicted molar refractivity (Wildman–Crippen MR) is 140 cm³/mol. The maximum atomic E-state index is 15.0. The third-order valence-electron chi connectivity index (χ3n) is 6.11. The van der Waals surface area contributed by atoms with Gasteiger partial charge < -0.3 is 9.47 Å². The van der Waals surface area contributed by atoms with Gasteiger partial charge in [-0.05, 0) is 61.4 Å². The van der Waals surface area contributed by atoms with Gasteiger partial charge in [-0.1, -0.05) is 6.07 Å². The summed E-state index contributed by atoms with van der Waals surface area (Å²) in [6, 6.07) is 13.0. The molecular formula is C29H22F2N4O4. The maximum Gasteiger partial charge on any atom is 0.284 e. The van der Waals surface area contributed by atoms with Crippen LogP contribution in [-0.4, -0.2) is 32.4 Å². The number of pyridine rings is 2. The first-order chi connectivity index (χ1) is 18.7. The molecule has 0 fully saturated rings. The SMILES string of the molecule is COc1ccc2nccc(Oc3ccc(CC(=O)c4ncc(C)n(-c5ccc(F)cc5C)c4=O)cc3F)c2n1. The van der Waals surface area contributed by atoms with Crippen LogP contribution in [0.15, 0.2) is 71.8 Å². The number of carbonyl (C=O) groups excluding carboxylic acids is 1. The Morgan fingerprint density at radius 3 is 2.54 bits per heavy atom. The molecule has 0 bridgehead atoms. The van der Waals surface area contributed by atoms with Crippen LogP contribution in [0.5, 0.6) is 17.4 Å². The molecular weight excluding hydrogens is 506 g/mol. The predicted octanol–water partition coefficient (Wildman–Crippen LogP) is 5.30. The summed E-state index contributed by atoms with van der Waals surface area (Å²) in [7, 11) is 1.48. The molecule has 10 heteroatoms. The smallest absolute Gasteiger partial charge is 0.284 e. The molecule has 0 N–H and O–H groups in total. The molecule has 0 aliphatic rings. The molecule has 2 aromatic carbocycles. The van der Waals surface area contributed by atoms with Gasteiger partial charge >= 0.3 is 0 Å². The summed E-state index contributed by atoms with van der Waals surface area (Å²) in [6.45, 7) is 3.33. The van der Waals surface area contributed by atoms with Gasteiger partial charge in [-0.2, -0.15) is 0 Å². The van der Waals surface area contributed by atoms with Crippen molar-refractivity contribution in [1.82, 2.24) is 19.5 Å². The zero-order valence-corrected chi connectivity index (χ0v) is 21.2. The van der Waals surface area contributed by atoms with Crippen LogP contribution in [0.25, 0.3) is 16.7 Å². The van der Waals surface area contributed by atoms with Gasteiger partial charge in [-0.15, -0.1) is 0 Å². The minimum Gasteiger partial charge on any atom is -0.481 e. The third-order valence-corrected chi connectivity index (χ3v) is 6.11. The monoisotopic (exact) mass is 528 g/mol. The average Bonchev–Trinajstić information content (AvgIpc) is 2.91. The van der Waals surface area contributed by atoms with Gasteiger partial charge in [-0.25, -0.2) is 18.7 Å². The van der Waals surface area contributed by atoms with Gasteiger partial charge in [0.05, 0.1) is 18.3 Å². The summed E-state index contributed by atoms with van der Waals surface area (Å²) in [5.74, 6) is -1.17. The van der Waals surface area contributed by atoms with Crippen LogP contribution in [0, 0.1) is 25.5 Å². The molecule has 0 saturated heterocycles. The quantitative estimate of drug-likeness (QED) is 0.265. The van der Waals surface area contributed by atoms with E-state index in [9.17, 15) is 14.0 Å². The van der Waals surface area contributed by atoms with Crippen LogP contribution in [-0.2, 0) is 6.42 Å². The Bertz CT molecular complexity index is 1800. The summed E-state index contributed by atoms with van der Waals surface area (Å²) < 4.78 is 40.9. The van der Waals surface area contributed by atoms with Crippen molar-refractivity contribution in [2.75, 3.05) is 7.11 Å². The van der Waals surface area contributed by atoms with E-state index in [1.807, 2.05) is 0 Å². The van der Waals surface area contributed by atoms with Crippen molar-refractivity contribution < 1.29 is 23.0 Å². The van der Waals surface area contributed by atoms with Crippen molar-refractivity contribution in [3.63, 3.8) is 0 Å². The van der Waals surface area contributed by atoms with Crippen LogP contribution in [0.1, 0.15) is 27.3 Å². The Kier molecular flexibility index (Phi) is 6.84. The highest BCUT2D eigenvalue weighted by molar-refractivity contribution is 5.95. The second-order valence-electron chi connectivity index (χ2n) is 8.82. The summed E-state index contributed by atoms with van der Waals surface area (Å²) in [6.07, 6.45) is 2.66. The topological polar surface area (TPSA) is 96.2 Å². The number of fused-ring (bicyclic) bond motifs is 1. The van der Waals surface area contributed by atoms with Gasteiger partial charge in [0.25, 0.3) is 5.56 Å². The lowest BCUT2D eigenvalue weighted by molar-refractivity contribution is 0.0986. The van der Waals surface area contributed by atoms with Crippen LogP contribution < -0.4 is 15.0 Å². The van der Waals surface area contributed by atoms with E-state index in [2.05, 4.69) is 15.0 Å². The summed E-state index contributed by atoms with van der Waals surface area (Å²) in [5.41, 5.74) is 1.79. The summed E-state index contributed by atoms with van der Waals surface area (Å²) in [5, 5.41) is 0. The Balaban J connectivity index is 1.40. The number of Topliss-reactive ketones (excluding diaryl/α,β-unsaturated/α-hetero) is 1. The fourth-order valence-corrected chi connectivity index (χ4v) is 4.20. The zero-order chi connectivity index (χ0) is 27.7. The number of carbonyl (C=O) groups is 1. The first-order valence-corrected chi connectivity index (χ1v) is 11.9. The van der Waals surface area contributed by atoms with Gasteiger partial charge in [0.15, 0.2) is 28.8 Å². The fourth-order valence-electron chi connectivity index (χ4n) is 4.20. The van der Waals surface area contributed by atoms with Crippen LogP contribution in [0.2, 0.25) is 0 Å². The number of hydrogen-bond donors (Lipinski definition) is 0. The summed E-state index contributed by atoms with van der Waals surface area (Å²) in [4.78, 5) is 38.9. The van der Waals surface area contributed by atoms with Crippen LogP contribution in [0.3, 0.4) is 0 Å². The average molecular weight is 529 g/mol. The van der Waals surface area contributed by atoms with Crippen molar-refractivity contribution in [3.8, 4) is 23.1 Å². The maximum absolute atomic E-state index is 15.0. The number of halogens is 2. The first kappa shape index (κ1) is 25.7. The Morgan fingerprint density at radius 2 is 1.79 bits per heavy atom. The number of methoxy groups -OCH3 is 1. The van der Waals surface area contributed by atoms with Crippen molar-refractivity contribution in [2.45, 2.75) is 20.3 Å². The third kappa shape index (κ3) is 5.08. The lowest BCUT2D eigenvalue weighted by Crippen LogP contribution is -2.29. The summed E-state index contributed by atoms with van der Waals surface area (Å²) >= 11 is 0. The molecule has 0 unspecified atom stereocenters. The van der Waals surface area contributed by atoms with Gasteiger partial charge in [-0.3, -0.25) is 19.1 Å². The van der Waals surface area contributed by atoms with E-state index in [4.69, 9.17) is 9.47 Å². The van der Waals surface area contributed by atoms with Crippen LogP contribution in [0.4, 0.5) is 8.78 Å². The molecule has 0 radical (unpaired) electrons. The number of benzene rings is 2. The van der Waals surface area contributed by atoms with Crippen molar-refractivity contribution in [1.29, 1.82) is 0 Å². The number of ketones is 1. The first-order valence-electron chi connectivity index (χ1n) is 11.9. The van der Waals surface area contributed by atoms with Gasteiger partial charge in [0, 0.05) is 36.6 Å². The zero-order valence-electron chi connectivity index (χ0n) is 21.2. The molecule has 0 atom stereocenters. The Morgan fingerprint density at radius 1 is 0.974 bits per heavy atom. The second kappa shape index (κ2) is 10.4. The second-order valence-corrected chi connectivity index (χ2v) is 8.82. The van der Waals surface area contributed by atoms with Gasteiger partial charge in [0.1, 0.15) is 11.3 Å². The Hall–Kier alpha value is -4.99. The molecule has 5 aromatic rings. The number of ether oxygens (including phenoxy) is 2. The molecule has 39 heavy (non-hydrogen) atoms. The van der Waals surface area contributed by atoms with Crippen LogP contribution >= 0.6 is 0 Å². The van der Waals surface area contributed by atoms with E-state index in [-0.39, 0.29) is 23.6 Å². The fraction of sp³-hybridized carbons (Fsp3) is 0.138. The van der Waals surface area contributed by atoms with E-state index in [1.54, 1.807) is 32.0 Å². The van der Waals surface area contributed by atoms with E-state index < -0.39 is 23.0 Å². The largest absolute Gasteiger partial charge is 0.481 e. The lowest BCUT2D eigenvalue weighted by Gasteiger charge is -2.14. The van der Waals surface area contributed by atoms with Crippen molar-refractivity contribution >= 4 is 16.8 Å². The molecule has 3 heterocycles. The van der Waals surface area contributed by atoms with Gasteiger partial charge in [0.2, 0.25) is 5.88 Å². The Labute approximate surface area is 221 Å². The van der Waals surface area contributed by atoms with E-state index in [1.165, 1.54) is 60.5 Å². The highest BCUT2D eigenvalue weighted by Crippen LogP contribution is 2.31. The molecule has 5 rings (SSSR count). The number of hydrogen-bond acceptors (Lipinski definition) is 7. The standard InChI is InChI=1S/C29H22F2N4O4/c1-16-12-19(30)5-7-22(16)35-17(2)15-33-28(29(35)37)23(36)14-18-4-8-24(20(31)13-18)39-25-10-11-32-21-6-9-26(38-3)34-27(21)25/h4-13,15H,14H2,1-3H3. The van der Waals surface area contributed by atoms with E-state index in [0.29, 0.717) is 39.4 Å². The number of nitrogens with zero attached hydrogens (tertiary/aromatic N) is 4. The lowest BCUT2D eigenvalue weighted by atomic mass is 10.1. The molecule has 3 aromatic heterocycles. The minimum atomic E-state index is -0.704. The van der Waals surface area contributed by atoms with Crippen molar-refractivity contribution in [2.24, 2.45) is 0 Å². The minimum absolute atomic E-state index is 0.0779. The van der Waals surface area contributed by atoms with E-state index >= 15 is 4.39 Å². The molecule has 196 valence electrons. The van der Waals surface area contributed by atoms with Crippen molar-refractivity contribution in [3.05, 3.63) is 111 Å². The van der Waals surface area contributed by atoms with E-state index in [0.717, 1.165) is 0 Å². The normalized spacial score (nSPS) is 11.0. The molecule has 0 amide bonds. The highest BCUT2D eigenvalue weighted by atomic mass is 19.1.